The number of ether oxygens (including phenoxy) is 1. The fraction of sp³-hybridized carbons (Fsp3) is 0.588. The summed E-state index contributed by atoms with van der Waals surface area (Å²) in [5.41, 5.74) is 0.370. The highest BCUT2D eigenvalue weighted by molar-refractivity contribution is 6.31. The van der Waals surface area contributed by atoms with E-state index >= 15 is 0 Å². The molecule has 2 aliphatic heterocycles. The van der Waals surface area contributed by atoms with E-state index in [0.717, 1.165) is 31.5 Å². The maximum atomic E-state index is 13.1. The molecule has 3 rings (SSSR count). The maximum Gasteiger partial charge on any atom is 0.231 e. The molecule has 0 spiro atoms. The van der Waals surface area contributed by atoms with Crippen LogP contribution in [0, 0.1) is 0 Å². The molecule has 4 nitrogen and oxygen atoms in total. The van der Waals surface area contributed by atoms with E-state index in [1.807, 2.05) is 24.3 Å². The highest BCUT2D eigenvalue weighted by Gasteiger charge is 2.43. The summed E-state index contributed by atoms with van der Waals surface area (Å²) in [7, 11) is 0. The third kappa shape index (κ3) is 3.14. The zero-order valence-electron chi connectivity index (χ0n) is 12.7. The Morgan fingerprint density at radius 3 is 2.77 bits per heavy atom. The van der Waals surface area contributed by atoms with Crippen molar-refractivity contribution < 1.29 is 9.53 Å². The van der Waals surface area contributed by atoms with Crippen LogP contribution in [0.1, 0.15) is 31.2 Å². The van der Waals surface area contributed by atoms with Crippen LogP contribution in [-0.4, -0.2) is 38.3 Å². The first-order valence-corrected chi connectivity index (χ1v) is 8.45. The van der Waals surface area contributed by atoms with Gasteiger partial charge in [0.2, 0.25) is 5.91 Å². The molecule has 0 bridgehead atoms. The second kappa shape index (κ2) is 6.99. The molecule has 5 heteroatoms. The van der Waals surface area contributed by atoms with Crippen molar-refractivity contribution >= 4 is 17.5 Å². The van der Waals surface area contributed by atoms with Crippen LogP contribution in [0.2, 0.25) is 5.02 Å². The summed E-state index contributed by atoms with van der Waals surface area (Å²) in [6.07, 6.45) is 3.51. The molecule has 2 saturated heterocycles. The number of carbonyl (C=O) groups excluding carboxylic acids is 1. The lowest BCUT2D eigenvalue weighted by Gasteiger charge is -2.38. The minimum absolute atomic E-state index is 0.0950. The number of piperidine rings is 1. The third-order valence-electron chi connectivity index (χ3n) is 4.80. The van der Waals surface area contributed by atoms with Gasteiger partial charge in [-0.3, -0.25) is 4.79 Å². The summed E-state index contributed by atoms with van der Waals surface area (Å²) in [5.74, 6) is 0.0950. The molecule has 120 valence electrons. The Morgan fingerprint density at radius 2 is 2.09 bits per heavy atom. The maximum absolute atomic E-state index is 13.1. The first-order chi connectivity index (χ1) is 10.7. The van der Waals surface area contributed by atoms with Crippen molar-refractivity contribution in [1.29, 1.82) is 0 Å². The van der Waals surface area contributed by atoms with Crippen LogP contribution < -0.4 is 10.6 Å². The average Bonchev–Trinajstić information content (AvgIpc) is 2.57. The zero-order valence-corrected chi connectivity index (χ0v) is 13.5. The number of benzene rings is 1. The van der Waals surface area contributed by atoms with Crippen LogP contribution in [0.25, 0.3) is 0 Å². The van der Waals surface area contributed by atoms with Crippen LogP contribution in [0.5, 0.6) is 0 Å². The fourth-order valence-corrected chi connectivity index (χ4v) is 3.80. The Labute approximate surface area is 136 Å². The van der Waals surface area contributed by atoms with Crippen LogP contribution in [0.3, 0.4) is 0 Å². The van der Waals surface area contributed by atoms with Crippen molar-refractivity contribution in [2.75, 3.05) is 26.3 Å². The van der Waals surface area contributed by atoms with E-state index in [4.69, 9.17) is 16.3 Å². The molecule has 1 aromatic rings. The van der Waals surface area contributed by atoms with E-state index in [-0.39, 0.29) is 11.9 Å². The molecule has 1 aromatic carbocycles. The second-order valence-electron chi connectivity index (χ2n) is 6.19. The van der Waals surface area contributed by atoms with Gasteiger partial charge in [-0.15, -0.1) is 0 Å². The normalized spacial score (nSPS) is 24.7. The quantitative estimate of drug-likeness (QED) is 0.897. The summed E-state index contributed by atoms with van der Waals surface area (Å²) in [6, 6.07) is 7.91. The molecule has 1 atom stereocenters. The van der Waals surface area contributed by atoms with Gasteiger partial charge in [0, 0.05) is 30.8 Å². The van der Waals surface area contributed by atoms with Gasteiger partial charge in [-0.2, -0.15) is 0 Å². The second-order valence-corrected chi connectivity index (χ2v) is 6.60. The molecule has 0 unspecified atom stereocenters. The summed E-state index contributed by atoms with van der Waals surface area (Å²) in [6.45, 7) is 3.08. The van der Waals surface area contributed by atoms with E-state index in [9.17, 15) is 4.79 Å². The highest BCUT2D eigenvalue weighted by atomic mass is 35.5. The lowest BCUT2D eigenvalue weighted by Crippen LogP contribution is -2.54. The predicted octanol–water partition coefficient (Wildman–Crippen LogP) is 2.26. The van der Waals surface area contributed by atoms with Gasteiger partial charge < -0.3 is 15.4 Å². The van der Waals surface area contributed by atoms with Crippen LogP contribution in [-0.2, 0) is 14.9 Å². The Balaban J connectivity index is 1.85. The van der Waals surface area contributed by atoms with Gasteiger partial charge in [0.05, 0.1) is 5.41 Å². The molecule has 0 radical (unpaired) electrons. The van der Waals surface area contributed by atoms with Gasteiger partial charge in [-0.1, -0.05) is 29.8 Å². The summed E-state index contributed by atoms with van der Waals surface area (Å²) < 4.78 is 5.49. The minimum atomic E-state index is -0.561. The Hall–Kier alpha value is -1.10. The van der Waals surface area contributed by atoms with Gasteiger partial charge in [0.15, 0.2) is 0 Å². The molecule has 0 aromatic heterocycles. The van der Waals surface area contributed by atoms with E-state index in [1.165, 1.54) is 0 Å². The summed E-state index contributed by atoms with van der Waals surface area (Å²) >= 11 is 6.40. The number of halogens is 1. The van der Waals surface area contributed by atoms with Crippen molar-refractivity contribution in [3.63, 3.8) is 0 Å². The number of rotatable bonds is 3. The Bertz CT molecular complexity index is 523. The van der Waals surface area contributed by atoms with Crippen LogP contribution in [0.15, 0.2) is 24.3 Å². The number of amides is 1. The Morgan fingerprint density at radius 1 is 1.32 bits per heavy atom. The van der Waals surface area contributed by atoms with Gasteiger partial charge in [0.25, 0.3) is 0 Å². The Kier molecular flexibility index (Phi) is 5.01. The third-order valence-corrected chi connectivity index (χ3v) is 5.13. The van der Waals surface area contributed by atoms with E-state index in [1.54, 1.807) is 0 Å². The monoisotopic (exact) mass is 322 g/mol. The van der Waals surface area contributed by atoms with Crippen molar-refractivity contribution in [3.05, 3.63) is 34.9 Å². The summed E-state index contributed by atoms with van der Waals surface area (Å²) in [5, 5.41) is 7.25. The van der Waals surface area contributed by atoms with Gasteiger partial charge in [-0.05, 0) is 43.9 Å². The van der Waals surface area contributed by atoms with Gasteiger partial charge in [-0.25, -0.2) is 0 Å². The topological polar surface area (TPSA) is 50.4 Å². The van der Waals surface area contributed by atoms with E-state index in [0.29, 0.717) is 31.1 Å². The van der Waals surface area contributed by atoms with Crippen molar-refractivity contribution in [2.24, 2.45) is 0 Å². The molecule has 2 fully saturated rings. The smallest absolute Gasteiger partial charge is 0.231 e. The number of nitrogens with one attached hydrogen (secondary N) is 2. The van der Waals surface area contributed by atoms with E-state index in [2.05, 4.69) is 10.6 Å². The average molecular weight is 323 g/mol. The van der Waals surface area contributed by atoms with E-state index < -0.39 is 5.41 Å². The highest BCUT2D eigenvalue weighted by Crippen LogP contribution is 2.39. The lowest BCUT2D eigenvalue weighted by atomic mass is 9.73. The SMILES string of the molecule is O=C(N[C@H]1CCCNC1)C1(c2ccccc2Cl)CCOCC1. The van der Waals surface area contributed by atoms with Gasteiger partial charge in [0.1, 0.15) is 0 Å². The molecular weight excluding hydrogens is 300 g/mol. The number of hydrogen-bond donors (Lipinski definition) is 2. The van der Waals surface area contributed by atoms with Crippen LogP contribution in [0.4, 0.5) is 0 Å². The molecule has 1 amide bonds. The molecule has 22 heavy (non-hydrogen) atoms. The molecule has 0 aliphatic carbocycles. The molecule has 0 saturated carbocycles. The van der Waals surface area contributed by atoms with Crippen molar-refractivity contribution in [3.8, 4) is 0 Å². The first kappa shape index (κ1) is 15.8. The summed E-state index contributed by atoms with van der Waals surface area (Å²) in [4.78, 5) is 13.1. The van der Waals surface area contributed by atoms with Crippen molar-refractivity contribution in [1.82, 2.24) is 10.6 Å². The zero-order chi connectivity index (χ0) is 15.4. The largest absolute Gasteiger partial charge is 0.381 e. The molecular formula is C17H23ClN2O2. The number of hydrogen-bond acceptors (Lipinski definition) is 3. The molecule has 2 heterocycles. The van der Waals surface area contributed by atoms with Crippen molar-refractivity contribution in [2.45, 2.75) is 37.1 Å². The fourth-order valence-electron chi connectivity index (χ4n) is 3.49. The first-order valence-electron chi connectivity index (χ1n) is 8.07. The standard InChI is InChI=1S/C17H23ClN2O2/c18-15-6-2-1-5-14(15)17(7-10-22-11-8-17)16(21)20-13-4-3-9-19-12-13/h1-2,5-6,13,19H,3-4,7-12H2,(H,20,21)/t13-/m0/s1. The van der Waals surface area contributed by atoms with Gasteiger partial charge >= 0.3 is 0 Å². The molecule has 2 N–H and O–H groups in total. The predicted molar refractivity (Wildman–Crippen MR) is 87.2 cm³/mol. The van der Waals surface area contributed by atoms with Crippen LogP contribution >= 0.6 is 11.6 Å². The number of carbonyl (C=O) groups is 1. The molecule has 2 aliphatic rings. The lowest BCUT2D eigenvalue weighted by molar-refractivity contribution is -0.131. The minimum Gasteiger partial charge on any atom is -0.381 e.